The number of nitrogens with zero attached hydrogens (tertiary/aromatic N) is 1. The molecule has 3 rings (SSSR count). The van der Waals surface area contributed by atoms with E-state index in [0.29, 0.717) is 6.61 Å². The smallest absolute Gasteiger partial charge is 0.396 e. The van der Waals surface area contributed by atoms with Crippen molar-refractivity contribution in [3.05, 3.63) is 28.6 Å². The van der Waals surface area contributed by atoms with Crippen LogP contribution in [0.3, 0.4) is 0 Å². The second-order valence-corrected chi connectivity index (χ2v) is 6.25. The Balaban J connectivity index is 1.97. The SMILES string of the molecule is CCCc1c2c(cc3nc(C(=O)OC(C)OCC)oc13)CCCC2. The second kappa shape index (κ2) is 7.34. The number of aromatic nitrogens is 1. The van der Waals surface area contributed by atoms with Crippen molar-refractivity contribution in [2.45, 2.75) is 65.6 Å². The van der Waals surface area contributed by atoms with Gasteiger partial charge in [0.15, 0.2) is 5.58 Å². The van der Waals surface area contributed by atoms with Crippen molar-refractivity contribution in [3.8, 4) is 0 Å². The van der Waals surface area contributed by atoms with Crippen LogP contribution in [-0.4, -0.2) is 23.9 Å². The summed E-state index contributed by atoms with van der Waals surface area (Å²) >= 11 is 0. The Morgan fingerprint density at radius 2 is 2.12 bits per heavy atom. The Bertz CT molecular complexity index is 735. The molecule has 1 aromatic heterocycles. The lowest BCUT2D eigenvalue weighted by atomic mass is 9.86. The van der Waals surface area contributed by atoms with Gasteiger partial charge in [0.2, 0.25) is 6.29 Å². The molecule has 2 aromatic rings. The summed E-state index contributed by atoms with van der Waals surface area (Å²) in [5.74, 6) is -0.566. The predicted molar refractivity (Wildman–Crippen MR) is 91.1 cm³/mol. The summed E-state index contributed by atoms with van der Waals surface area (Å²) in [4.78, 5) is 16.6. The molecule has 0 bridgehead atoms. The molecule has 1 unspecified atom stereocenters. The quantitative estimate of drug-likeness (QED) is 0.586. The molecule has 1 aliphatic carbocycles. The van der Waals surface area contributed by atoms with Crippen LogP contribution < -0.4 is 0 Å². The number of carbonyl (C=O) groups excluding carboxylic acids is 1. The first kappa shape index (κ1) is 17.0. The van der Waals surface area contributed by atoms with E-state index in [1.165, 1.54) is 29.5 Å². The van der Waals surface area contributed by atoms with Gasteiger partial charge in [0, 0.05) is 12.2 Å². The molecule has 1 aliphatic rings. The monoisotopic (exact) mass is 331 g/mol. The number of benzene rings is 1. The summed E-state index contributed by atoms with van der Waals surface area (Å²) in [6.45, 7) is 6.18. The van der Waals surface area contributed by atoms with E-state index in [-0.39, 0.29) is 5.89 Å². The highest BCUT2D eigenvalue weighted by Gasteiger charge is 2.24. The normalized spacial score (nSPS) is 15.3. The average Bonchev–Trinajstić information content (AvgIpc) is 2.99. The van der Waals surface area contributed by atoms with Gasteiger partial charge in [-0.25, -0.2) is 9.78 Å². The second-order valence-electron chi connectivity index (χ2n) is 6.25. The Morgan fingerprint density at radius 3 is 2.88 bits per heavy atom. The molecule has 1 heterocycles. The number of hydrogen-bond acceptors (Lipinski definition) is 5. The van der Waals surface area contributed by atoms with Crippen molar-refractivity contribution >= 4 is 17.1 Å². The zero-order valence-electron chi connectivity index (χ0n) is 14.7. The highest BCUT2D eigenvalue weighted by molar-refractivity contribution is 5.89. The third-order valence-corrected chi connectivity index (χ3v) is 4.46. The minimum atomic E-state index is -0.610. The van der Waals surface area contributed by atoms with E-state index in [9.17, 15) is 4.79 Å². The van der Waals surface area contributed by atoms with Gasteiger partial charge in [-0.1, -0.05) is 13.3 Å². The van der Waals surface area contributed by atoms with E-state index >= 15 is 0 Å². The average molecular weight is 331 g/mol. The first-order valence-corrected chi connectivity index (χ1v) is 8.90. The molecule has 1 atom stereocenters. The number of fused-ring (bicyclic) bond motifs is 2. The standard InChI is InChI=1S/C19H25NO4/c1-4-8-15-14-10-7-6-9-13(14)11-16-17(15)24-18(20-16)19(21)23-12(3)22-5-2/h11-12H,4-10H2,1-3H3. The predicted octanol–water partition coefficient (Wildman–Crippen LogP) is 4.20. The van der Waals surface area contributed by atoms with Crippen LogP contribution in [0.1, 0.15) is 67.4 Å². The highest BCUT2D eigenvalue weighted by Crippen LogP contribution is 2.32. The van der Waals surface area contributed by atoms with E-state index in [1.807, 2.05) is 6.92 Å². The number of esters is 1. The van der Waals surface area contributed by atoms with Crippen molar-refractivity contribution < 1.29 is 18.7 Å². The van der Waals surface area contributed by atoms with Crippen LogP contribution in [0.4, 0.5) is 0 Å². The van der Waals surface area contributed by atoms with Crippen molar-refractivity contribution in [2.75, 3.05) is 6.61 Å². The molecule has 0 radical (unpaired) electrons. The minimum absolute atomic E-state index is 0.0104. The van der Waals surface area contributed by atoms with Gasteiger partial charge in [-0.2, -0.15) is 0 Å². The molecule has 0 aliphatic heterocycles. The number of rotatable bonds is 6. The summed E-state index contributed by atoms with van der Waals surface area (Å²) in [5.41, 5.74) is 5.47. The van der Waals surface area contributed by atoms with Crippen LogP contribution >= 0.6 is 0 Å². The third-order valence-electron chi connectivity index (χ3n) is 4.46. The summed E-state index contributed by atoms with van der Waals surface area (Å²) in [5, 5.41) is 0. The number of hydrogen-bond donors (Lipinski definition) is 0. The molecule has 5 nitrogen and oxygen atoms in total. The lowest BCUT2D eigenvalue weighted by Gasteiger charge is -2.19. The van der Waals surface area contributed by atoms with Crippen molar-refractivity contribution in [1.82, 2.24) is 4.98 Å². The molecule has 0 saturated carbocycles. The number of carbonyl (C=O) groups is 1. The third kappa shape index (κ3) is 3.31. The van der Waals surface area contributed by atoms with Crippen LogP contribution in [-0.2, 0) is 28.7 Å². The molecule has 0 N–H and O–H groups in total. The Hall–Kier alpha value is -1.88. The van der Waals surface area contributed by atoms with Gasteiger partial charge in [0.25, 0.3) is 0 Å². The maximum Gasteiger partial charge on any atom is 0.396 e. The van der Waals surface area contributed by atoms with E-state index in [4.69, 9.17) is 13.9 Å². The fraction of sp³-hybridized carbons (Fsp3) is 0.579. The van der Waals surface area contributed by atoms with Gasteiger partial charge < -0.3 is 13.9 Å². The van der Waals surface area contributed by atoms with Gasteiger partial charge in [-0.15, -0.1) is 0 Å². The summed E-state index contributed by atoms with van der Waals surface area (Å²) < 4.78 is 16.3. The van der Waals surface area contributed by atoms with Crippen LogP contribution in [0.2, 0.25) is 0 Å². The van der Waals surface area contributed by atoms with E-state index in [2.05, 4.69) is 18.0 Å². The number of ether oxygens (including phenoxy) is 2. The first-order valence-electron chi connectivity index (χ1n) is 8.90. The molecule has 0 saturated heterocycles. The first-order chi connectivity index (χ1) is 11.6. The topological polar surface area (TPSA) is 61.6 Å². The Kier molecular flexibility index (Phi) is 5.19. The van der Waals surface area contributed by atoms with Crippen molar-refractivity contribution in [3.63, 3.8) is 0 Å². The molecule has 5 heteroatoms. The van der Waals surface area contributed by atoms with Gasteiger partial charge in [-0.05, 0) is 63.1 Å². The fourth-order valence-electron chi connectivity index (χ4n) is 3.45. The summed E-state index contributed by atoms with van der Waals surface area (Å²) in [6, 6.07) is 2.08. The fourth-order valence-corrected chi connectivity index (χ4v) is 3.45. The van der Waals surface area contributed by atoms with Gasteiger partial charge >= 0.3 is 11.9 Å². The molecule has 1 aromatic carbocycles. The molecule has 0 amide bonds. The molecule has 130 valence electrons. The lowest BCUT2D eigenvalue weighted by Crippen LogP contribution is -2.18. The van der Waals surface area contributed by atoms with Crippen LogP contribution in [0.15, 0.2) is 10.5 Å². The molecule has 0 fully saturated rings. The Labute approximate surface area is 142 Å². The maximum absolute atomic E-state index is 12.2. The Morgan fingerprint density at radius 1 is 1.33 bits per heavy atom. The highest BCUT2D eigenvalue weighted by atomic mass is 16.7. The minimum Gasteiger partial charge on any atom is -0.431 e. The molecular formula is C19H25NO4. The van der Waals surface area contributed by atoms with E-state index in [1.54, 1.807) is 6.92 Å². The number of oxazole rings is 1. The molecular weight excluding hydrogens is 306 g/mol. The summed E-state index contributed by atoms with van der Waals surface area (Å²) in [7, 11) is 0. The van der Waals surface area contributed by atoms with E-state index in [0.717, 1.165) is 36.8 Å². The largest absolute Gasteiger partial charge is 0.431 e. The molecule has 24 heavy (non-hydrogen) atoms. The van der Waals surface area contributed by atoms with Crippen molar-refractivity contribution in [1.29, 1.82) is 0 Å². The van der Waals surface area contributed by atoms with E-state index < -0.39 is 12.3 Å². The van der Waals surface area contributed by atoms with Crippen LogP contribution in [0, 0.1) is 0 Å². The summed E-state index contributed by atoms with van der Waals surface area (Å²) in [6.07, 6.45) is 5.96. The van der Waals surface area contributed by atoms with Crippen LogP contribution in [0.5, 0.6) is 0 Å². The maximum atomic E-state index is 12.2. The van der Waals surface area contributed by atoms with Gasteiger partial charge in [-0.3, -0.25) is 0 Å². The van der Waals surface area contributed by atoms with Gasteiger partial charge in [0.1, 0.15) is 5.52 Å². The van der Waals surface area contributed by atoms with Gasteiger partial charge in [0.05, 0.1) is 0 Å². The molecule has 0 spiro atoms. The zero-order chi connectivity index (χ0) is 17.1. The zero-order valence-corrected chi connectivity index (χ0v) is 14.7. The number of aryl methyl sites for hydroxylation is 2. The van der Waals surface area contributed by atoms with Crippen molar-refractivity contribution in [2.24, 2.45) is 0 Å². The van der Waals surface area contributed by atoms with Crippen LogP contribution in [0.25, 0.3) is 11.1 Å². The lowest BCUT2D eigenvalue weighted by molar-refractivity contribution is -0.0957.